The summed E-state index contributed by atoms with van der Waals surface area (Å²) in [6, 6.07) is 0. The lowest BCUT2D eigenvalue weighted by atomic mass is 10.0. The van der Waals surface area contributed by atoms with Crippen LogP contribution in [0.3, 0.4) is 0 Å². The molecule has 152 valence electrons. The summed E-state index contributed by atoms with van der Waals surface area (Å²) in [6.45, 7) is 25.2. The predicted molar refractivity (Wildman–Crippen MR) is 112 cm³/mol. The average molecular weight is 393 g/mol. The minimum absolute atomic E-state index is 0.0414. The second-order valence-corrected chi connectivity index (χ2v) is 19.9. The fraction of sp³-hybridized carbons (Fsp3) is 1.00. The molecule has 3 atom stereocenters. The fourth-order valence-corrected chi connectivity index (χ4v) is 4.57. The highest BCUT2D eigenvalue weighted by Gasteiger charge is 2.43. The summed E-state index contributed by atoms with van der Waals surface area (Å²) in [5, 5.41) is 10.1. The first-order valence-corrected chi connectivity index (χ1v) is 15.3. The lowest BCUT2D eigenvalue weighted by Crippen LogP contribution is -2.52. The van der Waals surface area contributed by atoms with Gasteiger partial charge in [0.25, 0.3) is 0 Å². The van der Waals surface area contributed by atoms with Crippen molar-refractivity contribution in [3.63, 3.8) is 0 Å². The highest BCUT2D eigenvalue weighted by molar-refractivity contribution is 6.74. The van der Waals surface area contributed by atoms with Crippen LogP contribution in [0, 0.1) is 5.92 Å². The number of methoxy groups -OCH3 is 1. The highest BCUT2D eigenvalue weighted by Crippen LogP contribution is 2.40. The molecular weight excluding hydrogens is 348 g/mol. The van der Waals surface area contributed by atoms with E-state index in [0.29, 0.717) is 6.61 Å². The summed E-state index contributed by atoms with van der Waals surface area (Å²) < 4.78 is 18.6. The Morgan fingerprint density at radius 3 is 1.64 bits per heavy atom. The van der Waals surface area contributed by atoms with Gasteiger partial charge in [-0.3, -0.25) is 0 Å². The molecule has 0 aromatic heterocycles. The molecule has 4 nitrogen and oxygen atoms in total. The van der Waals surface area contributed by atoms with Crippen molar-refractivity contribution in [3.05, 3.63) is 0 Å². The summed E-state index contributed by atoms with van der Waals surface area (Å²) in [5.41, 5.74) is 0. The SMILES string of the molecule is CO[C@H](CO)[C@@H](O[Si](C)(C)C(C)(C)C)[C@H](C)CO[Si](C)(C)C(C)(C)C. The van der Waals surface area contributed by atoms with Crippen LogP contribution in [0.4, 0.5) is 0 Å². The van der Waals surface area contributed by atoms with Crippen molar-refractivity contribution < 1.29 is 18.7 Å². The zero-order valence-corrected chi connectivity index (χ0v) is 20.8. The fourth-order valence-electron chi connectivity index (χ4n) is 2.04. The molecule has 0 saturated heterocycles. The lowest BCUT2D eigenvalue weighted by molar-refractivity contribution is -0.0628. The van der Waals surface area contributed by atoms with Crippen LogP contribution in [-0.2, 0) is 13.6 Å². The Bertz CT molecular complexity index is 393. The predicted octanol–water partition coefficient (Wildman–Crippen LogP) is 5.04. The van der Waals surface area contributed by atoms with E-state index in [2.05, 4.69) is 74.7 Å². The molecule has 0 rings (SSSR count). The van der Waals surface area contributed by atoms with E-state index in [1.54, 1.807) is 7.11 Å². The van der Waals surface area contributed by atoms with Gasteiger partial charge in [-0.1, -0.05) is 48.5 Å². The van der Waals surface area contributed by atoms with Crippen molar-refractivity contribution >= 4 is 16.6 Å². The third-order valence-electron chi connectivity index (χ3n) is 6.16. The van der Waals surface area contributed by atoms with E-state index < -0.39 is 16.6 Å². The maximum absolute atomic E-state index is 9.78. The van der Waals surface area contributed by atoms with Crippen LogP contribution in [0.25, 0.3) is 0 Å². The second kappa shape index (κ2) is 8.98. The molecule has 0 saturated carbocycles. The topological polar surface area (TPSA) is 47.9 Å². The van der Waals surface area contributed by atoms with Crippen molar-refractivity contribution in [2.75, 3.05) is 20.3 Å². The molecule has 0 spiro atoms. The minimum Gasteiger partial charge on any atom is -0.416 e. The number of rotatable bonds is 9. The van der Waals surface area contributed by atoms with Gasteiger partial charge in [-0.05, 0) is 36.3 Å². The molecule has 0 heterocycles. The van der Waals surface area contributed by atoms with Gasteiger partial charge in [0.1, 0.15) is 6.10 Å². The number of aliphatic hydroxyl groups excluding tert-OH is 1. The van der Waals surface area contributed by atoms with Crippen LogP contribution in [0.5, 0.6) is 0 Å². The molecule has 1 N–H and O–H groups in total. The maximum Gasteiger partial charge on any atom is 0.192 e. The summed E-state index contributed by atoms with van der Waals surface area (Å²) in [5.74, 6) is 0.153. The van der Waals surface area contributed by atoms with E-state index >= 15 is 0 Å². The summed E-state index contributed by atoms with van der Waals surface area (Å²) >= 11 is 0. The summed E-state index contributed by atoms with van der Waals surface area (Å²) in [4.78, 5) is 0. The molecule has 0 aliphatic heterocycles. The Morgan fingerprint density at radius 2 is 1.32 bits per heavy atom. The standard InChI is InChI=1S/C19H44O4Si2/c1-15(14-22-24(9,10)18(2,3)4)17(16(13-20)21-8)23-25(11,12)19(5,6)7/h15-17,20H,13-14H2,1-12H3/t15-,16-,17+/m1/s1. The van der Waals surface area contributed by atoms with Gasteiger partial charge in [0.05, 0.1) is 12.7 Å². The van der Waals surface area contributed by atoms with Crippen LogP contribution in [0.2, 0.25) is 36.3 Å². The third-order valence-corrected chi connectivity index (χ3v) is 15.1. The van der Waals surface area contributed by atoms with Crippen molar-refractivity contribution in [1.82, 2.24) is 0 Å². The molecule has 0 bridgehead atoms. The summed E-state index contributed by atoms with van der Waals surface area (Å²) in [7, 11) is -2.14. The Balaban J connectivity index is 5.30. The largest absolute Gasteiger partial charge is 0.416 e. The van der Waals surface area contributed by atoms with Crippen LogP contribution in [0.15, 0.2) is 0 Å². The van der Waals surface area contributed by atoms with Gasteiger partial charge in [0, 0.05) is 19.6 Å². The van der Waals surface area contributed by atoms with Crippen LogP contribution < -0.4 is 0 Å². The maximum atomic E-state index is 9.78. The van der Waals surface area contributed by atoms with Gasteiger partial charge in [0.2, 0.25) is 0 Å². The Hall–Kier alpha value is 0.274. The van der Waals surface area contributed by atoms with Crippen molar-refractivity contribution in [1.29, 1.82) is 0 Å². The van der Waals surface area contributed by atoms with E-state index in [-0.39, 0.29) is 34.8 Å². The van der Waals surface area contributed by atoms with Crippen LogP contribution >= 0.6 is 0 Å². The van der Waals surface area contributed by atoms with Gasteiger partial charge in [-0.25, -0.2) is 0 Å². The van der Waals surface area contributed by atoms with Gasteiger partial charge in [-0.2, -0.15) is 0 Å². The van der Waals surface area contributed by atoms with Gasteiger partial charge in [-0.15, -0.1) is 0 Å². The Labute approximate surface area is 158 Å². The van der Waals surface area contributed by atoms with Crippen molar-refractivity contribution in [2.45, 2.75) is 96.9 Å². The Morgan fingerprint density at radius 1 is 0.880 bits per heavy atom. The number of aliphatic hydroxyl groups is 1. The number of hydrogen-bond donors (Lipinski definition) is 1. The molecule has 0 aromatic rings. The van der Waals surface area contributed by atoms with Gasteiger partial charge in [0.15, 0.2) is 16.6 Å². The smallest absolute Gasteiger partial charge is 0.192 e. The van der Waals surface area contributed by atoms with E-state index in [1.807, 2.05) is 0 Å². The van der Waals surface area contributed by atoms with E-state index in [4.69, 9.17) is 13.6 Å². The quantitative estimate of drug-likeness (QED) is 0.558. The highest BCUT2D eigenvalue weighted by atomic mass is 28.4. The molecular formula is C19H44O4Si2. The molecule has 0 aliphatic rings. The molecule has 0 radical (unpaired) electrons. The van der Waals surface area contributed by atoms with Gasteiger partial charge < -0.3 is 18.7 Å². The molecule has 0 amide bonds. The molecule has 0 fully saturated rings. The zero-order chi connectivity index (χ0) is 20.3. The first-order chi connectivity index (χ1) is 11.0. The average Bonchev–Trinajstić information content (AvgIpc) is 2.42. The Kier molecular flexibility index (Phi) is 9.07. The summed E-state index contributed by atoms with van der Waals surface area (Å²) in [6.07, 6.45) is -0.493. The number of ether oxygens (including phenoxy) is 1. The molecule has 0 unspecified atom stereocenters. The van der Waals surface area contributed by atoms with Crippen LogP contribution in [-0.4, -0.2) is 54.3 Å². The monoisotopic (exact) mass is 392 g/mol. The van der Waals surface area contributed by atoms with E-state index in [0.717, 1.165) is 0 Å². The molecule has 0 aliphatic carbocycles. The minimum atomic E-state index is -1.97. The van der Waals surface area contributed by atoms with E-state index in [1.165, 1.54) is 0 Å². The first-order valence-electron chi connectivity index (χ1n) is 9.45. The lowest BCUT2D eigenvalue weighted by Gasteiger charge is -2.43. The molecule has 6 heteroatoms. The third kappa shape index (κ3) is 7.07. The zero-order valence-electron chi connectivity index (χ0n) is 18.8. The van der Waals surface area contributed by atoms with Crippen LogP contribution in [0.1, 0.15) is 48.5 Å². The van der Waals surface area contributed by atoms with Gasteiger partial charge >= 0.3 is 0 Å². The molecule has 25 heavy (non-hydrogen) atoms. The number of hydrogen-bond acceptors (Lipinski definition) is 4. The van der Waals surface area contributed by atoms with E-state index in [9.17, 15) is 5.11 Å². The first kappa shape index (κ1) is 25.3. The second-order valence-electron chi connectivity index (χ2n) is 10.3. The normalized spacial score (nSPS) is 18.1. The molecule has 0 aromatic carbocycles. The van der Waals surface area contributed by atoms with Crippen molar-refractivity contribution in [2.24, 2.45) is 5.92 Å². The van der Waals surface area contributed by atoms with Crippen molar-refractivity contribution in [3.8, 4) is 0 Å².